The van der Waals surface area contributed by atoms with Crippen LogP contribution in [-0.4, -0.2) is 11.5 Å². The van der Waals surface area contributed by atoms with Crippen molar-refractivity contribution in [3.63, 3.8) is 0 Å². The lowest BCUT2D eigenvalue weighted by Gasteiger charge is -2.06. The standard InChI is InChI=1S/C16H20ClFN2S/c1-4-14-15(9-19-8-10(2)3)21-16(20-14)12-6-5-11(18)7-13(12)17/h5-7,10,19H,4,8-9H2,1-3H3. The Morgan fingerprint density at radius 1 is 1.38 bits per heavy atom. The molecule has 0 aliphatic heterocycles. The number of aromatic nitrogens is 1. The third-order valence-electron chi connectivity index (χ3n) is 3.11. The molecule has 0 unspecified atom stereocenters. The Balaban J connectivity index is 2.23. The molecule has 0 aliphatic carbocycles. The van der Waals surface area contributed by atoms with Gasteiger partial charge in [0, 0.05) is 17.0 Å². The van der Waals surface area contributed by atoms with E-state index in [2.05, 4.69) is 31.1 Å². The SMILES string of the molecule is CCc1nc(-c2ccc(F)cc2Cl)sc1CNCC(C)C. The summed E-state index contributed by atoms with van der Waals surface area (Å²) in [4.78, 5) is 5.89. The predicted octanol–water partition coefficient (Wildman–Crippen LogP) is 4.91. The molecule has 1 aromatic carbocycles. The van der Waals surface area contributed by atoms with Gasteiger partial charge in [-0.25, -0.2) is 9.37 Å². The Kier molecular flexibility index (Phi) is 5.73. The maximum atomic E-state index is 13.1. The number of aryl methyl sites for hydroxylation is 1. The van der Waals surface area contributed by atoms with E-state index >= 15 is 0 Å². The molecule has 21 heavy (non-hydrogen) atoms. The smallest absolute Gasteiger partial charge is 0.125 e. The second-order valence-corrected chi connectivity index (χ2v) is 6.88. The van der Waals surface area contributed by atoms with Crippen LogP contribution in [-0.2, 0) is 13.0 Å². The van der Waals surface area contributed by atoms with Crippen LogP contribution in [0, 0.1) is 11.7 Å². The van der Waals surface area contributed by atoms with Gasteiger partial charge in [0.1, 0.15) is 10.8 Å². The lowest BCUT2D eigenvalue weighted by Crippen LogP contribution is -2.18. The molecule has 2 aromatic rings. The summed E-state index contributed by atoms with van der Waals surface area (Å²) in [6.07, 6.45) is 0.883. The van der Waals surface area contributed by atoms with Crippen LogP contribution in [0.3, 0.4) is 0 Å². The number of nitrogens with one attached hydrogen (secondary N) is 1. The highest BCUT2D eigenvalue weighted by molar-refractivity contribution is 7.15. The van der Waals surface area contributed by atoms with Crippen molar-refractivity contribution in [3.05, 3.63) is 39.6 Å². The number of halogens is 2. The zero-order chi connectivity index (χ0) is 15.4. The molecular weight excluding hydrogens is 307 g/mol. The molecule has 1 aromatic heterocycles. The van der Waals surface area contributed by atoms with Crippen LogP contribution in [0.15, 0.2) is 18.2 Å². The number of benzene rings is 1. The van der Waals surface area contributed by atoms with Crippen molar-refractivity contribution in [1.82, 2.24) is 10.3 Å². The van der Waals surface area contributed by atoms with Crippen molar-refractivity contribution in [3.8, 4) is 10.6 Å². The lowest BCUT2D eigenvalue weighted by molar-refractivity contribution is 0.553. The first kappa shape index (κ1) is 16.4. The molecule has 114 valence electrons. The van der Waals surface area contributed by atoms with Crippen molar-refractivity contribution in [1.29, 1.82) is 0 Å². The van der Waals surface area contributed by atoms with Gasteiger partial charge in [0.2, 0.25) is 0 Å². The van der Waals surface area contributed by atoms with Crippen LogP contribution in [0.1, 0.15) is 31.3 Å². The van der Waals surface area contributed by atoms with Crippen LogP contribution >= 0.6 is 22.9 Å². The molecule has 0 spiro atoms. The minimum Gasteiger partial charge on any atom is -0.312 e. The fraction of sp³-hybridized carbons (Fsp3) is 0.438. The first-order valence-corrected chi connectivity index (χ1v) is 8.35. The average Bonchev–Trinajstić information content (AvgIpc) is 2.81. The Morgan fingerprint density at radius 3 is 2.76 bits per heavy atom. The third-order valence-corrected chi connectivity index (χ3v) is 4.56. The first-order chi connectivity index (χ1) is 10.0. The van der Waals surface area contributed by atoms with Crippen LogP contribution in [0.4, 0.5) is 4.39 Å². The summed E-state index contributed by atoms with van der Waals surface area (Å²) in [5.74, 6) is 0.295. The van der Waals surface area contributed by atoms with Gasteiger partial charge in [-0.15, -0.1) is 11.3 Å². The molecular formula is C16H20ClFN2S. The normalized spacial score (nSPS) is 11.3. The Morgan fingerprint density at radius 2 is 2.14 bits per heavy atom. The van der Waals surface area contributed by atoms with E-state index in [1.165, 1.54) is 17.0 Å². The van der Waals surface area contributed by atoms with Gasteiger partial charge in [-0.3, -0.25) is 0 Å². The van der Waals surface area contributed by atoms with E-state index in [1.54, 1.807) is 17.4 Å². The molecule has 0 fully saturated rings. The van der Waals surface area contributed by atoms with Crippen LogP contribution in [0.25, 0.3) is 10.6 Å². The molecule has 1 N–H and O–H groups in total. The molecule has 0 saturated heterocycles. The number of rotatable bonds is 6. The maximum absolute atomic E-state index is 13.1. The fourth-order valence-corrected chi connectivity index (χ4v) is 3.52. The lowest BCUT2D eigenvalue weighted by atomic mass is 10.2. The second kappa shape index (κ2) is 7.34. The van der Waals surface area contributed by atoms with Gasteiger partial charge in [-0.2, -0.15) is 0 Å². The largest absolute Gasteiger partial charge is 0.312 e. The van der Waals surface area contributed by atoms with E-state index in [9.17, 15) is 4.39 Å². The number of hydrogen-bond acceptors (Lipinski definition) is 3. The molecule has 0 bridgehead atoms. The molecule has 0 amide bonds. The molecule has 5 heteroatoms. The topological polar surface area (TPSA) is 24.9 Å². The number of hydrogen-bond donors (Lipinski definition) is 1. The minimum absolute atomic E-state index is 0.324. The van der Waals surface area contributed by atoms with Gasteiger partial charge in [-0.1, -0.05) is 32.4 Å². The van der Waals surface area contributed by atoms with Gasteiger partial charge in [0.25, 0.3) is 0 Å². The summed E-state index contributed by atoms with van der Waals surface area (Å²) in [6, 6.07) is 4.45. The van der Waals surface area contributed by atoms with E-state index in [0.29, 0.717) is 10.9 Å². The van der Waals surface area contributed by atoms with Crippen LogP contribution < -0.4 is 5.32 Å². The summed E-state index contributed by atoms with van der Waals surface area (Å²) >= 11 is 7.75. The van der Waals surface area contributed by atoms with Crippen LogP contribution in [0.5, 0.6) is 0 Å². The summed E-state index contributed by atoms with van der Waals surface area (Å²) in [5, 5.41) is 4.71. The summed E-state index contributed by atoms with van der Waals surface area (Å²) in [7, 11) is 0. The van der Waals surface area contributed by atoms with E-state index in [-0.39, 0.29) is 5.82 Å². The van der Waals surface area contributed by atoms with E-state index in [0.717, 1.165) is 35.8 Å². The highest BCUT2D eigenvalue weighted by atomic mass is 35.5. The number of thiazole rings is 1. The predicted molar refractivity (Wildman–Crippen MR) is 88.4 cm³/mol. The number of nitrogens with zero attached hydrogens (tertiary/aromatic N) is 1. The molecule has 0 aliphatic rings. The maximum Gasteiger partial charge on any atom is 0.125 e. The average molecular weight is 327 g/mol. The van der Waals surface area contributed by atoms with Crippen molar-refractivity contribution < 1.29 is 4.39 Å². The second-order valence-electron chi connectivity index (χ2n) is 5.39. The van der Waals surface area contributed by atoms with Crippen molar-refractivity contribution in [2.75, 3.05) is 6.54 Å². The minimum atomic E-state index is -0.324. The molecule has 2 rings (SSSR count). The zero-order valence-corrected chi connectivity index (χ0v) is 14.1. The Labute approximate surface area is 134 Å². The third kappa shape index (κ3) is 4.25. The zero-order valence-electron chi connectivity index (χ0n) is 12.5. The van der Waals surface area contributed by atoms with Gasteiger partial charge in [0.15, 0.2) is 0 Å². The molecule has 0 atom stereocenters. The highest BCUT2D eigenvalue weighted by Gasteiger charge is 2.14. The van der Waals surface area contributed by atoms with Crippen LogP contribution in [0.2, 0.25) is 5.02 Å². The van der Waals surface area contributed by atoms with E-state index in [1.807, 2.05) is 0 Å². The quantitative estimate of drug-likeness (QED) is 0.815. The molecule has 2 nitrogen and oxygen atoms in total. The van der Waals surface area contributed by atoms with Gasteiger partial charge < -0.3 is 5.32 Å². The summed E-state index contributed by atoms with van der Waals surface area (Å²) in [5.41, 5.74) is 1.89. The highest BCUT2D eigenvalue weighted by Crippen LogP contribution is 2.33. The van der Waals surface area contributed by atoms with E-state index in [4.69, 9.17) is 11.6 Å². The van der Waals surface area contributed by atoms with Crippen molar-refractivity contribution in [2.45, 2.75) is 33.7 Å². The van der Waals surface area contributed by atoms with Gasteiger partial charge in [0.05, 0.1) is 10.7 Å². The van der Waals surface area contributed by atoms with Crippen molar-refractivity contribution >= 4 is 22.9 Å². The van der Waals surface area contributed by atoms with Gasteiger partial charge in [-0.05, 0) is 37.1 Å². The Hall–Kier alpha value is -0.970. The fourth-order valence-electron chi connectivity index (χ4n) is 2.05. The van der Waals surface area contributed by atoms with Gasteiger partial charge >= 0.3 is 0 Å². The molecule has 1 heterocycles. The van der Waals surface area contributed by atoms with E-state index < -0.39 is 0 Å². The Bertz CT molecular complexity index is 610. The first-order valence-electron chi connectivity index (χ1n) is 7.16. The van der Waals surface area contributed by atoms with Crippen molar-refractivity contribution in [2.24, 2.45) is 5.92 Å². The summed E-state index contributed by atoms with van der Waals surface area (Å²) in [6.45, 7) is 8.26. The summed E-state index contributed by atoms with van der Waals surface area (Å²) < 4.78 is 13.1. The molecule has 0 radical (unpaired) electrons. The monoisotopic (exact) mass is 326 g/mol. The molecule has 0 saturated carbocycles.